The van der Waals surface area contributed by atoms with Gasteiger partial charge in [0.15, 0.2) is 0 Å². The standard InChI is InChI=1S/C14H15N3O4/c1-3-21-14(20)9(2)16-12(18)10-8-15-11-6-4-5-7-17(11)13(10)19/h4-9H,3H2,1-2H3,(H,16,18). The molecule has 0 radical (unpaired) electrons. The summed E-state index contributed by atoms with van der Waals surface area (Å²) >= 11 is 0. The Morgan fingerprint density at radius 1 is 1.43 bits per heavy atom. The van der Waals surface area contributed by atoms with Gasteiger partial charge in [-0.2, -0.15) is 0 Å². The Bertz CT molecular complexity index is 738. The molecule has 0 aliphatic rings. The van der Waals surface area contributed by atoms with Gasteiger partial charge in [-0.15, -0.1) is 0 Å². The molecule has 2 rings (SSSR count). The van der Waals surface area contributed by atoms with E-state index >= 15 is 0 Å². The smallest absolute Gasteiger partial charge is 0.328 e. The number of nitrogens with zero attached hydrogens (tertiary/aromatic N) is 2. The van der Waals surface area contributed by atoms with Crippen LogP contribution in [0.2, 0.25) is 0 Å². The lowest BCUT2D eigenvalue weighted by atomic mass is 10.2. The van der Waals surface area contributed by atoms with Gasteiger partial charge in [0.1, 0.15) is 17.3 Å². The van der Waals surface area contributed by atoms with E-state index in [1.165, 1.54) is 23.7 Å². The lowest BCUT2D eigenvalue weighted by Gasteiger charge is -2.12. The molecule has 0 aliphatic heterocycles. The number of carbonyl (C=O) groups is 2. The Balaban J connectivity index is 2.26. The highest BCUT2D eigenvalue weighted by atomic mass is 16.5. The highest BCUT2D eigenvalue weighted by molar-refractivity contribution is 5.96. The molecule has 2 heterocycles. The van der Waals surface area contributed by atoms with Crippen LogP contribution in [0, 0.1) is 0 Å². The van der Waals surface area contributed by atoms with Crippen LogP contribution in [0.1, 0.15) is 24.2 Å². The minimum Gasteiger partial charge on any atom is -0.464 e. The van der Waals surface area contributed by atoms with E-state index in [9.17, 15) is 14.4 Å². The molecule has 0 spiro atoms. The minimum atomic E-state index is -0.840. The number of hydrogen-bond acceptors (Lipinski definition) is 5. The number of ether oxygens (including phenoxy) is 1. The number of aromatic nitrogens is 2. The van der Waals surface area contributed by atoms with E-state index in [0.717, 1.165) is 0 Å². The van der Waals surface area contributed by atoms with Gasteiger partial charge in [-0.25, -0.2) is 9.78 Å². The van der Waals surface area contributed by atoms with Gasteiger partial charge < -0.3 is 10.1 Å². The third kappa shape index (κ3) is 3.07. The summed E-state index contributed by atoms with van der Waals surface area (Å²) in [7, 11) is 0. The molecule has 21 heavy (non-hydrogen) atoms. The molecule has 0 aliphatic carbocycles. The number of fused-ring (bicyclic) bond motifs is 1. The zero-order valence-electron chi connectivity index (χ0n) is 11.7. The van der Waals surface area contributed by atoms with E-state index in [-0.39, 0.29) is 12.2 Å². The van der Waals surface area contributed by atoms with Gasteiger partial charge in [0.25, 0.3) is 11.5 Å². The third-order valence-electron chi connectivity index (χ3n) is 2.85. The number of rotatable bonds is 4. The lowest BCUT2D eigenvalue weighted by Crippen LogP contribution is -2.41. The molecular formula is C14H15N3O4. The minimum absolute atomic E-state index is 0.130. The maximum absolute atomic E-state index is 12.2. The number of hydrogen-bond donors (Lipinski definition) is 1. The third-order valence-corrected chi connectivity index (χ3v) is 2.85. The van der Waals surface area contributed by atoms with Crippen molar-refractivity contribution in [2.45, 2.75) is 19.9 Å². The molecule has 7 heteroatoms. The number of pyridine rings is 1. The van der Waals surface area contributed by atoms with E-state index in [2.05, 4.69) is 10.3 Å². The highest BCUT2D eigenvalue weighted by Gasteiger charge is 2.20. The molecule has 2 aromatic heterocycles. The van der Waals surface area contributed by atoms with Crippen molar-refractivity contribution in [2.24, 2.45) is 0 Å². The van der Waals surface area contributed by atoms with Gasteiger partial charge >= 0.3 is 5.97 Å². The van der Waals surface area contributed by atoms with Crippen molar-refractivity contribution in [3.05, 3.63) is 46.5 Å². The van der Waals surface area contributed by atoms with Crippen LogP contribution in [-0.2, 0) is 9.53 Å². The highest BCUT2D eigenvalue weighted by Crippen LogP contribution is 1.98. The fraction of sp³-hybridized carbons (Fsp3) is 0.286. The first kappa shape index (κ1) is 14.7. The van der Waals surface area contributed by atoms with Crippen molar-refractivity contribution in [1.82, 2.24) is 14.7 Å². The van der Waals surface area contributed by atoms with Crippen molar-refractivity contribution in [2.75, 3.05) is 6.61 Å². The predicted octanol–water partition coefficient (Wildman–Crippen LogP) is 0.376. The van der Waals surface area contributed by atoms with Crippen LogP contribution < -0.4 is 10.9 Å². The number of amides is 1. The zero-order chi connectivity index (χ0) is 15.4. The fourth-order valence-electron chi connectivity index (χ4n) is 1.78. The van der Waals surface area contributed by atoms with Crippen LogP contribution in [0.3, 0.4) is 0 Å². The summed E-state index contributed by atoms with van der Waals surface area (Å²) in [6.07, 6.45) is 2.72. The van der Waals surface area contributed by atoms with Crippen LogP contribution in [0.4, 0.5) is 0 Å². The Kier molecular flexibility index (Phi) is 4.32. The molecule has 0 bridgehead atoms. The molecule has 110 valence electrons. The summed E-state index contributed by atoms with van der Waals surface area (Å²) in [5.74, 6) is -1.22. The van der Waals surface area contributed by atoms with Gasteiger partial charge in [-0.1, -0.05) is 6.07 Å². The Hall–Kier alpha value is -2.70. The first-order chi connectivity index (χ1) is 10.0. The van der Waals surface area contributed by atoms with Gasteiger partial charge in [-0.3, -0.25) is 14.0 Å². The number of carbonyl (C=O) groups excluding carboxylic acids is 2. The van der Waals surface area contributed by atoms with Crippen molar-refractivity contribution < 1.29 is 14.3 Å². The summed E-state index contributed by atoms with van der Waals surface area (Å²) in [5, 5.41) is 2.42. The molecular weight excluding hydrogens is 274 g/mol. The molecule has 2 aromatic rings. The van der Waals surface area contributed by atoms with Gasteiger partial charge in [0.2, 0.25) is 0 Å². The van der Waals surface area contributed by atoms with Crippen LogP contribution in [-0.4, -0.2) is 33.9 Å². The van der Waals surface area contributed by atoms with Crippen LogP contribution in [0.25, 0.3) is 5.65 Å². The normalized spacial score (nSPS) is 11.9. The van der Waals surface area contributed by atoms with E-state index in [1.807, 2.05) is 0 Å². The molecule has 1 unspecified atom stereocenters. The van der Waals surface area contributed by atoms with Gasteiger partial charge in [-0.05, 0) is 26.0 Å². The van der Waals surface area contributed by atoms with Gasteiger partial charge in [0.05, 0.1) is 6.61 Å². The van der Waals surface area contributed by atoms with E-state index < -0.39 is 23.5 Å². The zero-order valence-corrected chi connectivity index (χ0v) is 11.7. The second kappa shape index (κ2) is 6.17. The number of esters is 1. The van der Waals surface area contributed by atoms with Crippen molar-refractivity contribution >= 4 is 17.5 Å². The van der Waals surface area contributed by atoms with Crippen LogP contribution in [0.15, 0.2) is 35.4 Å². The van der Waals surface area contributed by atoms with E-state index in [0.29, 0.717) is 5.65 Å². The molecule has 0 saturated heterocycles. The first-order valence-corrected chi connectivity index (χ1v) is 6.48. The molecule has 0 aromatic carbocycles. The number of nitrogens with one attached hydrogen (secondary N) is 1. The second-order valence-corrected chi connectivity index (χ2v) is 4.35. The average molecular weight is 289 g/mol. The molecule has 1 atom stereocenters. The predicted molar refractivity (Wildman–Crippen MR) is 75.0 cm³/mol. The molecule has 7 nitrogen and oxygen atoms in total. The topological polar surface area (TPSA) is 89.8 Å². The first-order valence-electron chi connectivity index (χ1n) is 6.48. The maximum atomic E-state index is 12.2. The Labute approximate surface area is 120 Å². The quantitative estimate of drug-likeness (QED) is 0.822. The molecule has 0 saturated carbocycles. The fourth-order valence-corrected chi connectivity index (χ4v) is 1.78. The average Bonchev–Trinajstić information content (AvgIpc) is 2.48. The lowest BCUT2D eigenvalue weighted by molar-refractivity contribution is -0.144. The van der Waals surface area contributed by atoms with Crippen LogP contribution in [0.5, 0.6) is 0 Å². The van der Waals surface area contributed by atoms with E-state index in [1.54, 1.807) is 25.1 Å². The summed E-state index contributed by atoms with van der Waals surface area (Å²) in [5.41, 5.74) is -0.179. The summed E-state index contributed by atoms with van der Waals surface area (Å²) < 4.78 is 6.06. The Morgan fingerprint density at radius 2 is 2.19 bits per heavy atom. The van der Waals surface area contributed by atoms with Crippen molar-refractivity contribution in [3.8, 4) is 0 Å². The summed E-state index contributed by atoms with van der Waals surface area (Å²) in [4.78, 5) is 39.8. The summed E-state index contributed by atoms with van der Waals surface area (Å²) in [6, 6.07) is 4.22. The van der Waals surface area contributed by atoms with E-state index in [4.69, 9.17) is 4.74 Å². The molecule has 1 amide bonds. The van der Waals surface area contributed by atoms with Crippen molar-refractivity contribution in [1.29, 1.82) is 0 Å². The Morgan fingerprint density at radius 3 is 2.90 bits per heavy atom. The van der Waals surface area contributed by atoms with Gasteiger partial charge in [0, 0.05) is 12.4 Å². The second-order valence-electron chi connectivity index (χ2n) is 4.35. The molecule has 0 fully saturated rings. The maximum Gasteiger partial charge on any atom is 0.328 e. The van der Waals surface area contributed by atoms with Crippen molar-refractivity contribution in [3.63, 3.8) is 0 Å². The SMILES string of the molecule is CCOC(=O)C(C)NC(=O)c1cnc2ccccn2c1=O. The largest absolute Gasteiger partial charge is 0.464 e. The van der Waals surface area contributed by atoms with Crippen LogP contribution >= 0.6 is 0 Å². The molecule has 1 N–H and O–H groups in total. The summed E-state index contributed by atoms with van der Waals surface area (Å²) in [6.45, 7) is 3.38. The monoisotopic (exact) mass is 289 g/mol.